The molecular formula is C27H21ClF4N4O4. The molecule has 1 aliphatic heterocycles. The number of hydrogen-bond acceptors (Lipinski definition) is 5. The minimum absolute atomic E-state index is 0.0253. The maximum atomic E-state index is 14.5. The van der Waals surface area contributed by atoms with E-state index in [0.29, 0.717) is 15.9 Å². The molecule has 8 nitrogen and oxygen atoms in total. The quantitative estimate of drug-likeness (QED) is 0.254. The number of fused-ring (bicyclic) bond motifs is 2. The van der Waals surface area contributed by atoms with Crippen molar-refractivity contribution in [2.24, 2.45) is 5.73 Å². The predicted octanol–water partition coefficient (Wildman–Crippen LogP) is 4.34. The smallest absolute Gasteiger partial charge is 0.424 e. The SMILES string of the molecule is C[C@]1(C(N)=O)COc2c1cc(C(O)(CNC(=O)c1c[nH]c3cc(Cl)ccc13)C(F)(F)F)nc2-c1ccc(F)cc1. The Morgan fingerprint density at radius 1 is 1.20 bits per heavy atom. The van der Waals surface area contributed by atoms with Crippen molar-refractivity contribution in [2.75, 3.05) is 13.2 Å². The van der Waals surface area contributed by atoms with Crippen LogP contribution in [0.15, 0.2) is 54.7 Å². The lowest BCUT2D eigenvalue weighted by Gasteiger charge is -2.31. The first-order valence-corrected chi connectivity index (χ1v) is 12.2. The monoisotopic (exact) mass is 576 g/mol. The number of halogens is 5. The number of primary amides is 1. The van der Waals surface area contributed by atoms with Crippen LogP contribution in [0.4, 0.5) is 17.6 Å². The summed E-state index contributed by atoms with van der Waals surface area (Å²) in [6, 6.07) is 10.2. The van der Waals surface area contributed by atoms with Crippen LogP contribution in [-0.4, -0.2) is 46.2 Å². The Morgan fingerprint density at radius 3 is 2.55 bits per heavy atom. The highest BCUT2D eigenvalue weighted by atomic mass is 35.5. The van der Waals surface area contributed by atoms with Crippen molar-refractivity contribution in [2.45, 2.75) is 24.1 Å². The average molecular weight is 577 g/mol. The molecule has 2 aromatic carbocycles. The van der Waals surface area contributed by atoms with Crippen molar-refractivity contribution in [3.63, 3.8) is 0 Å². The number of amides is 2. The highest BCUT2D eigenvalue weighted by molar-refractivity contribution is 6.31. The first-order valence-electron chi connectivity index (χ1n) is 11.8. The molecule has 5 rings (SSSR count). The molecule has 4 aromatic rings. The van der Waals surface area contributed by atoms with Gasteiger partial charge in [0.1, 0.15) is 29.3 Å². The molecule has 5 N–H and O–H groups in total. The number of carbonyl (C=O) groups is 2. The molecule has 1 aliphatic rings. The Hall–Kier alpha value is -4.16. The zero-order chi connectivity index (χ0) is 29.0. The number of hydrogen-bond donors (Lipinski definition) is 4. The van der Waals surface area contributed by atoms with Crippen LogP contribution in [0.1, 0.15) is 28.5 Å². The van der Waals surface area contributed by atoms with Gasteiger partial charge in [-0.25, -0.2) is 9.37 Å². The lowest BCUT2D eigenvalue weighted by Crippen LogP contribution is -2.51. The van der Waals surface area contributed by atoms with Gasteiger partial charge in [-0.3, -0.25) is 9.59 Å². The van der Waals surface area contributed by atoms with Crippen molar-refractivity contribution >= 4 is 34.3 Å². The summed E-state index contributed by atoms with van der Waals surface area (Å²) in [7, 11) is 0. The van der Waals surface area contributed by atoms with Gasteiger partial charge in [-0.15, -0.1) is 0 Å². The second-order valence-electron chi connectivity index (χ2n) is 9.66. The van der Waals surface area contributed by atoms with Gasteiger partial charge in [-0.2, -0.15) is 13.2 Å². The Kier molecular flexibility index (Phi) is 6.50. The van der Waals surface area contributed by atoms with E-state index in [4.69, 9.17) is 22.1 Å². The van der Waals surface area contributed by atoms with Gasteiger partial charge in [0.25, 0.3) is 5.91 Å². The fourth-order valence-electron chi connectivity index (χ4n) is 4.53. The summed E-state index contributed by atoms with van der Waals surface area (Å²) in [4.78, 5) is 32.1. The maximum absolute atomic E-state index is 14.5. The molecule has 0 saturated heterocycles. The topological polar surface area (TPSA) is 130 Å². The zero-order valence-corrected chi connectivity index (χ0v) is 21.5. The maximum Gasteiger partial charge on any atom is 0.424 e. The van der Waals surface area contributed by atoms with Gasteiger partial charge in [0, 0.05) is 33.2 Å². The van der Waals surface area contributed by atoms with Gasteiger partial charge in [-0.05, 0) is 49.4 Å². The summed E-state index contributed by atoms with van der Waals surface area (Å²) in [6.45, 7) is -0.224. The molecule has 2 aromatic heterocycles. The van der Waals surface area contributed by atoms with Gasteiger partial charge in [-0.1, -0.05) is 17.7 Å². The lowest BCUT2D eigenvalue weighted by molar-refractivity contribution is -0.265. The number of aromatic nitrogens is 2. The molecule has 40 heavy (non-hydrogen) atoms. The van der Waals surface area contributed by atoms with Gasteiger partial charge >= 0.3 is 6.18 Å². The van der Waals surface area contributed by atoms with E-state index < -0.39 is 47.1 Å². The molecule has 0 saturated carbocycles. The predicted molar refractivity (Wildman–Crippen MR) is 137 cm³/mol. The summed E-state index contributed by atoms with van der Waals surface area (Å²) in [6.07, 6.45) is -4.03. The van der Waals surface area contributed by atoms with Crippen LogP contribution >= 0.6 is 11.6 Å². The lowest BCUT2D eigenvalue weighted by atomic mass is 9.81. The molecule has 0 bridgehead atoms. The first kappa shape index (κ1) is 27.4. The zero-order valence-electron chi connectivity index (χ0n) is 20.7. The van der Waals surface area contributed by atoms with Crippen LogP contribution in [-0.2, 0) is 15.8 Å². The molecular weight excluding hydrogens is 556 g/mol. The van der Waals surface area contributed by atoms with Crippen LogP contribution in [0, 0.1) is 5.82 Å². The number of pyridine rings is 1. The molecule has 1 unspecified atom stereocenters. The number of nitrogens with zero attached hydrogens (tertiary/aromatic N) is 1. The van der Waals surface area contributed by atoms with Crippen LogP contribution in [0.2, 0.25) is 5.02 Å². The van der Waals surface area contributed by atoms with E-state index in [-0.39, 0.29) is 34.7 Å². The Labute approximate surface area is 229 Å². The molecule has 2 atom stereocenters. The normalized spacial score (nSPS) is 18.2. The molecule has 208 valence electrons. The summed E-state index contributed by atoms with van der Waals surface area (Å²) in [5, 5.41) is 14.1. The second kappa shape index (κ2) is 9.49. The van der Waals surface area contributed by atoms with Crippen LogP contribution in [0.3, 0.4) is 0 Å². The molecule has 0 radical (unpaired) electrons. The number of ether oxygens (including phenoxy) is 1. The van der Waals surface area contributed by atoms with Crippen LogP contribution < -0.4 is 15.8 Å². The summed E-state index contributed by atoms with van der Waals surface area (Å²) < 4.78 is 62.8. The molecule has 2 amide bonds. The number of nitrogens with one attached hydrogen (secondary N) is 2. The van der Waals surface area contributed by atoms with E-state index >= 15 is 0 Å². The molecule has 13 heteroatoms. The van der Waals surface area contributed by atoms with E-state index in [0.717, 1.165) is 18.2 Å². The highest BCUT2D eigenvalue weighted by Gasteiger charge is 2.57. The summed E-state index contributed by atoms with van der Waals surface area (Å²) >= 11 is 5.95. The number of rotatable bonds is 6. The van der Waals surface area contributed by atoms with E-state index in [9.17, 15) is 32.3 Å². The number of benzene rings is 2. The fourth-order valence-corrected chi connectivity index (χ4v) is 4.70. The summed E-state index contributed by atoms with van der Waals surface area (Å²) in [5.41, 5.74) is -0.131. The minimum atomic E-state index is -5.34. The van der Waals surface area contributed by atoms with Gasteiger partial charge in [0.2, 0.25) is 11.5 Å². The van der Waals surface area contributed by atoms with Crippen molar-refractivity contribution < 1.29 is 37.0 Å². The number of H-pyrrole nitrogens is 1. The molecule has 0 spiro atoms. The molecule has 0 aliphatic carbocycles. The highest BCUT2D eigenvalue weighted by Crippen LogP contribution is 2.47. The van der Waals surface area contributed by atoms with E-state index in [1.807, 2.05) is 0 Å². The molecule has 3 heterocycles. The van der Waals surface area contributed by atoms with Crippen molar-refractivity contribution in [1.82, 2.24) is 15.3 Å². The Morgan fingerprint density at radius 2 is 1.90 bits per heavy atom. The largest absolute Gasteiger partial charge is 0.489 e. The number of alkyl halides is 3. The van der Waals surface area contributed by atoms with Crippen LogP contribution in [0.25, 0.3) is 22.2 Å². The van der Waals surface area contributed by atoms with Gasteiger partial charge in [0.05, 0.1) is 17.8 Å². The van der Waals surface area contributed by atoms with Crippen molar-refractivity contribution in [1.29, 1.82) is 0 Å². The standard InChI is InChI=1S/C27H21ClF4N4O4/c1-25(24(33)38)12-40-22-18(25)9-20(36-21(22)13-2-5-15(29)6-3-13)26(39,27(30,31)32)11-35-23(37)17-10-34-19-8-14(28)4-7-16(17)19/h2-10,34,39H,11-12H2,1H3,(H2,33,38)(H,35,37)/t25-,26?/m0/s1. The van der Waals surface area contributed by atoms with Gasteiger partial charge < -0.3 is 25.9 Å². The number of aliphatic hydroxyl groups is 1. The van der Waals surface area contributed by atoms with Crippen LogP contribution in [0.5, 0.6) is 5.75 Å². The Balaban J connectivity index is 1.60. The second-order valence-corrected chi connectivity index (χ2v) is 10.1. The van der Waals surface area contributed by atoms with E-state index in [2.05, 4.69) is 15.3 Å². The van der Waals surface area contributed by atoms with Crippen molar-refractivity contribution in [3.05, 3.63) is 82.4 Å². The number of carbonyl (C=O) groups excluding carboxylic acids is 2. The molecule has 0 fully saturated rings. The number of nitrogens with two attached hydrogens (primary N) is 1. The third-order valence-corrected chi connectivity index (χ3v) is 7.26. The minimum Gasteiger partial charge on any atom is -0.489 e. The average Bonchev–Trinajstić information content (AvgIpc) is 3.48. The summed E-state index contributed by atoms with van der Waals surface area (Å²) in [5.74, 6) is -2.41. The fraction of sp³-hybridized carbons (Fsp3) is 0.222. The third kappa shape index (κ3) is 4.42. The van der Waals surface area contributed by atoms with E-state index in [1.165, 1.54) is 37.4 Å². The van der Waals surface area contributed by atoms with Gasteiger partial charge in [0.15, 0.2) is 0 Å². The van der Waals surface area contributed by atoms with Crippen molar-refractivity contribution in [3.8, 4) is 17.0 Å². The first-order chi connectivity index (χ1) is 18.7. The Bertz CT molecular complexity index is 1660. The number of aromatic amines is 1. The third-order valence-electron chi connectivity index (χ3n) is 7.02. The van der Waals surface area contributed by atoms with E-state index in [1.54, 1.807) is 6.07 Å².